The number of hydrogen-bond donors (Lipinski definition) is 2. The van der Waals surface area contributed by atoms with Gasteiger partial charge in [0.05, 0.1) is 0 Å². The van der Waals surface area contributed by atoms with Crippen molar-refractivity contribution in [3.8, 4) is 0 Å². The number of nitrogens with one attached hydrogen (secondary N) is 2. The van der Waals surface area contributed by atoms with Crippen LogP contribution in [0.2, 0.25) is 0 Å². The van der Waals surface area contributed by atoms with Crippen molar-refractivity contribution in [3.05, 3.63) is 71.3 Å². The van der Waals surface area contributed by atoms with E-state index in [4.69, 9.17) is 0 Å². The molecule has 0 spiro atoms. The number of carbonyl (C=O) groups excluding carboxylic acids is 3. The first-order valence-corrected chi connectivity index (χ1v) is 8.74. The molecule has 5 heteroatoms. The van der Waals surface area contributed by atoms with E-state index >= 15 is 0 Å². The third kappa shape index (κ3) is 5.55. The first-order chi connectivity index (χ1) is 12.5. The van der Waals surface area contributed by atoms with Crippen molar-refractivity contribution in [1.29, 1.82) is 0 Å². The van der Waals surface area contributed by atoms with Crippen LogP contribution in [0.15, 0.2) is 54.6 Å². The second kappa shape index (κ2) is 9.51. The monoisotopic (exact) mass is 352 g/mol. The topological polar surface area (TPSA) is 75.3 Å². The molecule has 2 amide bonds. The summed E-state index contributed by atoms with van der Waals surface area (Å²) in [6.45, 7) is 4.68. The molecule has 136 valence electrons. The summed E-state index contributed by atoms with van der Waals surface area (Å²) in [6, 6.07) is 15.6. The van der Waals surface area contributed by atoms with E-state index in [0.29, 0.717) is 36.2 Å². The maximum absolute atomic E-state index is 12.3. The van der Waals surface area contributed by atoms with E-state index in [1.807, 2.05) is 32.0 Å². The molecule has 0 heterocycles. The molecule has 0 unspecified atom stereocenters. The Morgan fingerprint density at radius 1 is 0.769 bits per heavy atom. The first-order valence-electron chi connectivity index (χ1n) is 8.74. The Hall–Kier alpha value is -2.95. The van der Waals surface area contributed by atoms with Gasteiger partial charge >= 0.3 is 0 Å². The molecule has 0 aromatic heterocycles. The van der Waals surface area contributed by atoms with Crippen molar-refractivity contribution in [2.75, 3.05) is 13.1 Å². The van der Waals surface area contributed by atoms with Crippen LogP contribution in [-0.4, -0.2) is 30.7 Å². The fraction of sp³-hybridized carbons (Fsp3) is 0.286. The Balaban J connectivity index is 1.81. The van der Waals surface area contributed by atoms with Gasteiger partial charge in [-0.1, -0.05) is 56.3 Å². The van der Waals surface area contributed by atoms with Gasteiger partial charge in [0, 0.05) is 35.7 Å². The lowest BCUT2D eigenvalue weighted by atomic mass is 10.0. The summed E-state index contributed by atoms with van der Waals surface area (Å²) in [4.78, 5) is 35.9. The van der Waals surface area contributed by atoms with Crippen molar-refractivity contribution in [2.45, 2.75) is 20.3 Å². The molecule has 0 saturated carbocycles. The highest BCUT2D eigenvalue weighted by Crippen LogP contribution is 2.11. The average molecular weight is 352 g/mol. The molecule has 2 N–H and O–H groups in total. The molecule has 0 aliphatic rings. The van der Waals surface area contributed by atoms with Crippen LogP contribution in [-0.2, 0) is 4.79 Å². The Labute approximate surface area is 153 Å². The Kier molecular flexibility index (Phi) is 7.09. The Bertz CT molecular complexity index is 753. The van der Waals surface area contributed by atoms with Crippen LogP contribution in [0.5, 0.6) is 0 Å². The van der Waals surface area contributed by atoms with E-state index in [0.717, 1.165) is 0 Å². The predicted octanol–water partition coefficient (Wildman–Crippen LogP) is 2.81. The normalized spacial score (nSPS) is 10.4. The molecule has 2 aromatic carbocycles. The minimum absolute atomic E-state index is 0.00926. The maximum Gasteiger partial charge on any atom is 0.251 e. The van der Waals surface area contributed by atoms with E-state index in [9.17, 15) is 14.4 Å². The van der Waals surface area contributed by atoms with Gasteiger partial charge in [0.25, 0.3) is 5.91 Å². The van der Waals surface area contributed by atoms with Crippen molar-refractivity contribution in [3.63, 3.8) is 0 Å². The smallest absolute Gasteiger partial charge is 0.251 e. The van der Waals surface area contributed by atoms with Gasteiger partial charge in [-0.05, 0) is 18.6 Å². The highest BCUT2D eigenvalue weighted by Gasteiger charge is 2.10. The van der Waals surface area contributed by atoms with Crippen molar-refractivity contribution >= 4 is 17.6 Å². The molecule has 0 radical (unpaired) electrons. The number of benzene rings is 2. The highest BCUT2D eigenvalue weighted by molar-refractivity contribution is 6.09. The summed E-state index contributed by atoms with van der Waals surface area (Å²) >= 11 is 0. The fourth-order valence-corrected chi connectivity index (χ4v) is 2.34. The molecule has 2 rings (SSSR count). The van der Waals surface area contributed by atoms with Gasteiger partial charge in [0.15, 0.2) is 5.78 Å². The molecule has 5 nitrogen and oxygen atoms in total. The van der Waals surface area contributed by atoms with E-state index in [1.165, 1.54) is 0 Å². The molecule has 0 saturated heterocycles. The van der Waals surface area contributed by atoms with Gasteiger partial charge in [-0.25, -0.2) is 0 Å². The second-order valence-corrected chi connectivity index (χ2v) is 6.33. The quantitative estimate of drug-likeness (QED) is 0.567. The first kappa shape index (κ1) is 19.4. The van der Waals surface area contributed by atoms with Gasteiger partial charge in [-0.3, -0.25) is 14.4 Å². The Morgan fingerprint density at radius 2 is 1.31 bits per heavy atom. The van der Waals surface area contributed by atoms with Crippen LogP contribution in [0.25, 0.3) is 0 Å². The van der Waals surface area contributed by atoms with Crippen molar-refractivity contribution < 1.29 is 14.4 Å². The lowest BCUT2D eigenvalue weighted by Crippen LogP contribution is -2.31. The predicted molar refractivity (Wildman–Crippen MR) is 101 cm³/mol. The molecule has 0 aliphatic heterocycles. The zero-order valence-electron chi connectivity index (χ0n) is 15.1. The number of amides is 2. The van der Waals surface area contributed by atoms with Crippen molar-refractivity contribution in [2.24, 2.45) is 5.92 Å². The van der Waals surface area contributed by atoms with Gasteiger partial charge in [0.2, 0.25) is 5.91 Å². The molecule has 0 fully saturated rings. The summed E-state index contributed by atoms with van der Waals surface area (Å²) in [5.41, 5.74) is 1.66. The number of ketones is 1. The maximum atomic E-state index is 12.3. The van der Waals surface area contributed by atoms with Crippen LogP contribution >= 0.6 is 0 Å². The van der Waals surface area contributed by atoms with Crippen molar-refractivity contribution in [1.82, 2.24) is 10.6 Å². The zero-order valence-corrected chi connectivity index (χ0v) is 15.1. The largest absolute Gasteiger partial charge is 0.356 e. The van der Waals surface area contributed by atoms with Gasteiger partial charge < -0.3 is 10.6 Å². The summed E-state index contributed by atoms with van der Waals surface area (Å²) < 4.78 is 0. The molecule has 0 bridgehead atoms. The standard InChI is InChI=1S/C21H24N2O3/c1-15(2)20(25)22-13-6-14-23-21(26)18-11-9-17(10-12-18)19(24)16-7-4-3-5-8-16/h3-5,7-12,15H,6,13-14H2,1-2H3,(H,22,25)(H,23,26). The van der Waals surface area contributed by atoms with Crippen LogP contribution < -0.4 is 10.6 Å². The summed E-state index contributed by atoms with van der Waals surface area (Å²) in [5, 5.41) is 5.61. The fourth-order valence-electron chi connectivity index (χ4n) is 2.34. The lowest BCUT2D eigenvalue weighted by Gasteiger charge is -2.09. The third-order valence-corrected chi connectivity index (χ3v) is 3.91. The average Bonchev–Trinajstić information content (AvgIpc) is 2.67. The molecule has 26 heavy (non-hydrogen) atoms. The molecular formula is C21H24N2O3. The van der Waals surface area contributed by atoms with Gasteiger partial charge in [-0.2, -0.15) is 0 Å². The van der Waals surface area contributed by atoms with Gasteiger partial charge in [0.1, 0.15) is 0 Å². The minimum atomic E-state index is -0.195. The van der Waals surface area contributed by atoms with Crippen LogP contribution in [0.1, 0.15) is 46.5 Å². The van der Waals surface area contributed by atoms with E-state index in [-0.39, 0.29) is 23.5 Å². The minimum Gasteiger partial charge on any atom is -0.356 e. The second-order valence-electron chi connectivity index (χ2n) is 6.33. The molecular weight excluding hydrogens is 328 g/mol. The van der Waals surface area contributed by atoms with E-state index in [1.54, 1.807) is 36.4 Å². The number of hydrogen-bond acceptors (Lipinski definition) is 3. The Morgan fingerprint density at radius 3 is 1.92 bits per heavy atom. The van der Waals surface area contributed by atoms with E-state index in [2.05, 4.69) is 10.6 Å². The van der Waals surface area contributed by atoms with E-state index < -0.39 is 0 Å². The summed E-state index contributed by atoms with van der Waals surface area (Å²) in [5.74, 6) is -0.297. The van der Waals surface area contributed by atoms with Crippen LogP contribution in [0.4, 0.5) is 0 Å². The zero-order chi connectivity index (χ0) is 18.9. The number of rotatable bonds is 8. The third-order valence-electron chi connectivity index (χ3n) is 3.91. The highest BCUT2D eigenvalue weighted by atomic mass is 16.2. The van der Waals surface area contributed by atoms with Crippen LogP contribution in [0.3, 0.4) is 0 Å². The van der Waals surface area contributed by atoms with Gasteiger partial charge in [-0.15, -0.1) is 0 Å². The summed E-state index contributed by atoms with van der Waals surface area (Å²) in [6.07, 6.45) is 0.661. The SMILES string of the molecule is CC(C)C(=O)NCCCNC(=O)c1ccc(C(=O)c2ccccc2)cc1. The molecule has 2 aromatic rings. The molecule has 0 atom stereocenters. The van der Waals surface area contributed by atoms with Crippen LogP contribution in [0, 0.1) is 5.92 Å². The lowest BCUT2D eigenvalue weighted by molar-refractivity contribution is -0.123. The molecule has 0 aliphatic carbocycles. The summed E-state index contributed by atoms with van der Waals surface area (Å²) in [7, 11) is 0. The number of carbonyl (C=O) groups is 3.